The number of pyridine rings is 3. The lowest BCUT2D eigenvalue weighted by molar-refractivity contribution is -0.154. The third kappa shape index (κ3) is 6.36. The first-order valence-electron chi connectivity index (χ1n) is 15.2. The largest absolute Gasteiger partial charge is 0.489 e. The third-order valence-corrected chi connectivity index (χ3v) is 8.36. The summed E-state index contributed by atoms with van der Waals surface area (Å²) in [5, 5.41) is 1.96. The summed E-state index contributed by atoms with van der Waals surface area (Å²) in [4.78, 5) is 12.6. The highest BCUT2D eigenvalue weighted by Gasteiger charge is 2.39. The Morgan fingerprint density at radius 3 is 2.57 bits per heavy atom. The number of aryl methyl sites for hydroxylation is 1. The molecular weight excluding hydrogens is 597 g/mol. The lowest BCUT2D eigenvalue weighted by Gasteiger charge is -2.35. The Bertz CT molecular complexity index is 1920. The highest BCUT2D eigenvalue weighted by Crippen LogP contribution is 2.40. The van der Waals surface area contributed by atoms with Crippen LogP contribution >= 0.6 is 0 Å². The van der Waals surface area contributed by atoms with Crippen molar-refractivity contribution in [3.05, 3.63) is 78.5 Å². The fourth-order valence-corrected chi connectivity index (χ4v) is 5.83. The molecule has 0 spiro atoms. The van der Waals surface area contributed by atoms with E-state index in [1.54, 1.807) is 36.8 Å². The summed E-state index contributed by atoms with van der Waals surface area (Å²) in [6, 6.07) is 12.1. The van der Waals surface area contributed by atoms with Gasteiger partial charge < -0.3 is 23.5 Å². The lowest BCUT2D eigenvalue weighted by Crippen LogP contribution is -2.41. The van der Waals surface area contributed by atoms with Crippen LogP contribution in [-0.4, -0.2) is 51.2 Å². The Morgan fingerprint density at radius 2 is 1.78 bits per heavy atom. The molecule has 1 unspecified atom stereocenters. The number of hydrogen-bond donors (Lipinski definition) is 0. The highest BCUT2D eigenvalue weighted by atomic mass is 19.4. The van der Waals surface area contributed by atoms with Crippen LogP contribution in [0.3, 0.4) is 0 Å². The number of halogens is 3. The van der Waals surface area contributed by atoms with Crippen LogP contribution < -0.4 is 9.47 Å². The van der Waals surface area contributed by atoms with Gasteiger partial charge in [0.2, 0.25) is 5.88 Å². The van der Waals surface area contributed by atoms with E-state index in [9.17, 15) is 13.2 Å². The first-order valence-corrected chi connectivity index (χ1v) is 15.2. The van der Waals surface area contributed by atoms with Crippen LogP contribution in [0.1, 0.15) is 43.4 Å². The molecule has 2 aliphatic rings. The van der Waals surface area contributed by atoms with Gasteiger partial charge >= 0.3 is 6.18 Å². The molecule has 5 aromatic rings. The molecule has 0 N–H and O–H groups in total. The normalized spacial score (nSPS) is 19.8. The number of aromatic nitrogens is 4. The number of alkyl halides is 3. The van der Waals surface area contributed by atoms with E-state index in [0.29, 0.717) is 35.4 Å². The van der Waals surface area contributed by atoms with Crippen LogP contribution in [0, 0.1) is 11.8 Å². The minimum atomic E-state index is -4.64. The molecule has 0 radical (unpaired) electrons. The molecule has 236 valence electrons. The van der Waals surface area contributed by atoms with E-state index in [-0.39, 0.29) is 19.0 Å². The zero-order chi connectivity index (χ0) is 31.7. The summed E-state index contributed by atoms with van der Waals surface area (Å²) in [7, 11) is 1.92. The Labute approximate surface area is 263 Å². The highest BCUT2D eigenvalue weighted by molar-refractivity contribution is 6.08. The van der Waals surface area contributed by atoms with Gasteiger partial charge in [-0.25, -0.2) is 9.97 Å². The maximum atomic E-state index is 14.2. The van der Waals surface area contributed by atoms with Gasteiger partial charge in [0.05, 0.1) is 11.7 Å². The molecule has 7 rings (SSSR count). The molecule has 5 heterocycles. The van der Waals surface area contributed by atoms with Gasteiger partial charge in [-0.2, -0.15) is 13.2 Å². The van der Waals surface area contributed by atoms with Crippen molar-refractivity contribution in [1.29, 1.82) is 0 Å². The van der Waals surface area contributed by atoms with E-state index in [1.165, 1.54) is 6.20 Å². The van der Waals surface area contributed by atoms with E-state index >= 15 is 0 Å². The van der Waals surface area contributed by atoms with Gasteiger partial charge in [-0.1, -0.05) is 18.1 Å². The van der Waals surface area contributed by atoms with E-state index in [0.717, 1.165) is 53.7 Å². The average Bonchev–Trinajstić information content (AvgIpc) is 3.34. The Morgan fingerprint density at radius 1 is 0.913 bits per heavy atom. The molecular formula is C35H31F3N4O4. The zero-order valence-electron chi connectivity index (χ0n) is 25.1. The summed E-state index contributed by atoms with van der Waals surface area (Å²) < 4.78 is 67.3. The quantitative estimate of drug-likeness (QED) is 0.178. The fourth-order valence-electron chi connectivity index (χ4n) is 5.83. The number of hydrogen-bond acceptors (Lipinski definition) is 7. The Kier molecular flexibility index (Phi) is 8.23. The summed E-state index contributed by atoms with van der Waals surface area (Å²) in [5.74, 6) is 6.02. The second-order valence-electron chi connectivity index (χ2n) is 11.5. The zero-order valence-corrected chi connectivity index (χ0v) is 25.1. The van der Waals surface area contributed by atoms with Crippen molar-refractivity contribution in [2.24, 2.45) is 7.05 Å². The van der Waals surface area contributed by atoms with Crippen LogP contribution in [0.4, 0.5) is 13.2 Å². The van der Waals surface area contributed by atoms with Gasteiger partial charge in [0, 0.05) is 66.9 Å². The van der Waals surface area contributed by atoms with Crippen molar-refractivity contribution in [2.45, 2.75) is 56.8 Å². The van der Waals surface area contributed by atoms with Crippen LogP contribution in [0.15, 0.2) is 67.3 Å². The molecule has 1 saturated carbocycles. The molecule has 0 amide bonds. The molecule has 1 atom stereocenters. The summed E-state index contributed by atoms with van der Waals surface area (Å²) in [6.45, 7) is 0.984. The van der Waals surface area contributed by atoms with Gasteiger partial charge in [0.1, 0.15) is 35.8 Å². The third-order valence-electron chi connectivity index (χ3n) is 8.36. The van der Waals surface area contributed by atoms with Crippen molar-refractivity contribution < 1.29 is 32.1 Å². The molecule has 2 fully saturated rings. The first-order chi connectivity index (χ1) is 22.3. The predicted molar refractivity (Wildman–Crippen MR) is 165 cm³/mol. The van der Waals surface area contributed by atoms with Gasteiger partial charge in [-0.15, -0.1) is 0 Å². The molecule has 8 nitrogen and oxygen atoms in total. The molecule has 1 saturated heterocycles. The van der Waals surface area contributed by atoms with Crippen LogP contribution in [0.5, 0.6) is 11.6 Å². The molecule has 1 aromatic carbocycles. The summed E-state index contributed by atoms with van der Waals surface area (Å²) in [6.07, 6.45) is 4.92. The van der Waals surface area contributed by atoms with E-state index < -0.39 is 23.7 Å². The monoisotopic (exact) mass is 628 g/mol. The van der Waals surface area contributed by atoms with Crippen molar-refractivity contribution in [2.75, 3.05) is 13.2 Å². The molecule has 0 bridgehead atoms. The number of nitrogens with zero attached hydrogens (tertiary/aromatic N) is 4. The number of ether oxygens (including phenoxy) is 4. The second-order valence-corrected chi connectivity index (χ2v) is 11.5. The Balaban J connectivity index is 0.969. The van der Waals surface area contributed by atoms with E-state index in [4.69, 9.17) is 18.9 Å². The summed E-state index contributed by atoms with van der Waals surface area (Å²) >= 11 is 0. The number of fused-ring (bicyclic) bond motifs is 3. The smallest absolute Gasteiger partial charge is 0.421 e. The molecule has 11 heteroatoms. The maximum absolute atomic E-state index is 14.2. The lowest BCUT2D eigenvalue weighted by atomic mass is 9.92. The van der Waals surface area contributed by atoms with Crippen LogP contribution in [0.2, 0.25) is 0 Å². The topological polar surface area (TPSA) is 80.5 Å². The van der Waals surface area contributed by atoms with Gasteiger partial charge in [-0.3, -0.25) is 4.98 Å². The van der Waals surface area contributed by atoms with Gasteiger partial charge in [0.15, 0.2) is 6.29 Å². The van der Waals surface area contributed by atoms with Crippen molar-refractivity contribution in [3.8, 4) is 34.6 Å². The molecule has 1 aliphatic carbocycles. The van der Waals surface area contributed by atoms with Crippen molar-refractivity contribution in [3.63, 3.8) is 0 Å². The predicted octanol–water partition coefficient (Wildman–Crippen LogP) is 7.09. The van der Waals surface area contributed by atoms with Crippen LogP contribution in [-0.2, 0) is 22.7 Å². The second kappa shape index (κ2) is 12.6. The van der Waals surface area contributed by atoms with Gasteiger partial charge in [0.25, 0.3) is 0 Å². The minimum absolute atomic E-state index is 0.188. The summed E-state index contributed by atoms with van der Waals surface area (Å²) in [5.41, 5.74) is 2.54. The van der Waals surface area contributed by atoms with Crippen molar-refractivity contribution in [1.82, 2.24) is 19.5 Å². The standard InChI is InChI=1S/C35H31F3N4O4/c1-42-31-11-12-39-21-29(31)28-10-7-22(16-32(28)42)23-15-30(35(36,37)38)34(41-19-23)46-27-17-26(18-27)45-25-9-8-24(40-20-25)5-4-14-44-33-6-2-3-13-43-33/h7-12,15-16,19-21,26-27,33H,2-3,6,13-14,17-18H2,1H3/t26-,27-,33?. The number of benzene rings is 1. The molecule has 46 heavy (non-hydrogen) atoms. The van der Waals surface area contributed by atoms with E-state index in [1.807, 2.05) is 29.8 Å². The minimum Gasteiger partial charge on any atom is -0.489 e. The maximum Gasteiger partial charge on any atom is 0.421 e. The SMILES string of the molecule is Cn1c2ccncc2c2ccc(-c3cnc(O[C@H]4C[C@H](Oc5ccc(C#CCOC6CCCCO6)nc5)C4)c(C(F)(F)F)c3)cc21. The fraction of sp³-hybridized carbons (Fsp3) is 0.343. The van der Waals surface area contributed by atoms with E-state index in [2.05, 4.69) is 26.8 Å². The van der Waals surface area contributed by atoms with Crippen LogP contribution in [0.25, 0.3) is 32.9 Å². The Hall–Kier alpha value is -4.66. The average molecular weight is 629 g/mol. The van der Waals surface area contributed by atoms with Crippen molar-refractivity contribution >= 4 is 21.8 Å². The van der Waals surface area contributed by atoms with Gasteiger partial charge in [-0.05, 0) is 61.1 Å². The first kappa shape index (κ1) is 30.0. The molecule has 1 aliphatic heterocycles. The molecule has 4 aromatic heterocycles. The number of rotatable bonds is 7.